The summed E-state index contributed by atoms with van der Waals surface area (Å²) in [4.78, 5) is 27.0. The highest BCUT2D eigenvalue weighted by Crippen LogP contribution is 2.22. The lowest BCUT2D eigenvalue weighted by molar-refractivity contribution is -0.127. The van der Waals surface area contributed by atoms with E-state index in [0.29, 0.717) is 23.7 Å². The van der Waals surface area contributed by atoms with Crippen molar-refractivity contribution in [3.63, 3.8) is 0 Å². The van der Waals surface area contributed by atoms with Gasteiger partial charge in [-0.05, 0) is 62.8 Å². The Morgan fingerprint density at radius 3 is 2.44 bits per heavy atom. The largest absolute Gasteiger partial charge is 0.393 e. The zero-order valence-corrected chi connectivity index (χ0v) is 15.0. The van der Waals surface area contributed by atoms with Crippen molar-refractivity contribution in [1.82, 2.24) is 10.2 Å². The third kappa shape index (κ3) is 4.73. The summed E-state index contributed by atoms with van der Waals surface area (Å²) < 4.78 is 0. The second-order valence-electron chi connectivity index (χ2n) is 7.11. The van der Waals surface area contributed by atoms with Crippen LogP contribution < -0.4 is 5.32 Å². The van der Waals surface area contributed by atoms with Crippen molar-refractivity contribution in [3.8, 4) is 0 Å². The van der Waals surface area contributed by atoms with Crippen molar-refractivity contribution in [1.29, 1.82) is 0 Å². The molecule has 1 aliphatic heterocycles. The number of carbonyl (C=O) groups is 2. The molecule has 5 nitrogen and oxygen atoms in total. The van der Waals surface area contributed by atoms with Crippen molar-refractivity contribution in [2.75, 3.05) is 13.1 Å². The number of nitrogens with one attached hydrogen (secondary N) is 1. The second kappa shape index (κ2) is 8.19. The first kappa shape index (κ1) is 18.2. The van der Waals surface area contributed by atoms with E-state index < -0.39 is 0 Å². The van der Waals surface area contributed by atoms with Gasteiger partial charge in [0.2, 0.25) is 5.91 Å². The maximum atomic E-state index is 12.6. The zero-order valence-electron chi connectivity index (χ0n) is 14.3. The van der Waals surface area contributed by atoms with Crippen LogP contribution in [0.2, 0.25) is 5.02 Å². The fourth-order valence-corrected chi connectivity index (χ4v) is 3.82. The van der Waals surface area contributed by atoms with Crippen molar-refractivity contribution in [3.05, 3.63) is 34.9 Å². The van der Waals surface area contributed by atoms with Crippen LogP contribution in [-0.2, 0) is 4.79 Å². The van der Waals surface area contributed by atoms with Gasteiger partial charge in [0.15, 0.2) is 0 Å². The van der Waals surface area contributed by atoms with Gasteiger partial charge in [-0.2, -0.15) is 0 Å². The molecule has 1 unspecified atom stereocenters. The highest BCUT2D eigenvalue weighted by molar-refractivity contribution is 6.30. The number of piperidine rings is 1. The molecular weight excluding hydrogens is 340 g/mol. The highest BCUT2D eigenvalue weighted by Gasteiger charge is 2.30. The Bertz CT molecular complexity index is 612. The molecule has 1 saturated heterocycles. The summed E-state index contributed by atoms with van der Waals surface area (Å²) in [6, 6.07) is 7.02. The van der Waals surface area contributed by atoms with E-state index >= 15 is 0 Å². The Hall–Kier alpha value is -1.59. The van der Waals surface area contributed by atoms with Gasteiger partial charge in [-0.1, -0.05) is 11.6 Å². The van der Waals surface area contributed by atoms with Crippen molar-refractivity contribution >= 4 is 23.4 Å². The summed E-state index contributed by atoms with van der Waals surface area (Å²) in [5.74, 6) is -0.165. The number of hydrogen-bond acceptors (Lipinski definition) is 3. The third-order valence-corrected chi connectivity index (χ3v) is 5.47. The van der Waals surface area contributed by atoms with Gasteiger partial charge in [-0.3, -0.25) is 9.59 Å². The Morgan fingerprint density at radius 2 is 1.76 bits per heavy atom. The standard InChI is InChI=1S/C19H25ClN2O3/c20-15-5-3-13(4-6-15)19(25)22-11-1-2-14(12-22)18(24)21-16-7-9-17(23)10-8-16/h3-6,14,16-17,23H,1-2,7-12H2,(H,21,24). The Kier molecular flexibility index (Phi) is 5.97. The summed E-state index contributed by atoms with van der Waals surface area (Å²) >= 11 is 5.87. The fraction of sp³-hybridized carbons (Fsp3) is 0.579. The average molecular weight is 365 g/mol. The molecule has 2 N–H and O–H groups in total. The molecule has 3 rings (SSSR count). The third-order valence-electron chi connectivity index (χ3n) is 5.21. The van der Waals surface area contributed by atoms with Gasteiger partial charge in [0.05, 0.1) is 12.0 Å². The lowest BCUT2D eigenvalue weighted by atomic mass is 9.91. The Morgan fingerprint density at radius 1 is 1.08 bits per heavy atom. The first-order chi connectivity index (χ1) is 12.0. The number of likely N-dealkylation sites (tertiary alicyclic amines) is 1. The lowest BCUT2D eigenvalue weighted by Gasteiger charge is -2.34. The van der Waals surface area contributed by atoms with E-state index in [-0.39, 0.29) is 29.9 Å². The molecule has 1 saturated carbocycles. The molecule has 1 aromatic rings. The van der Waals surface area contributed by atoms with E-state index in [4.69, 9.17) is 11.6 Å². The van der Waals surface area contributed by atoms with Crippen molar-refractivity contribution in [2.24, 2.45) is 5.92 Å². The number of aliphatic hydroxyl groups excluding tert-OH is 1. The van der Waals surface area contributed by atoms with Gasteiger partial charge in [0.25, 0.3) is 5.91 Å². The second-order valence-corrected chi connectivity index (χ2v) is 7.55. The van der Waals surface area contributed by atoms with Crippen LogP contribution in [-0.4, -0.2) is 47.1 Å². The molecule has 2 fully saturated rings. The molecular formula is C19H25ClN2O3. The predicted octanol–water partition coefficient (Wildman–Crippen LogP) is 2.61. The minimum Gasteiger partial charge on any atom is -0.393 e. The van der Waals surface area contributed by atoms with E-state index in [1.807, 2.05) is 0 Å². The van der Waals surface area contributed by atoms with Gasteiger partial charge in [-0.25, -0.2) is 0 Å². The van der Waals surface area contributed by atoms with E-state index in [0.717, 1.165) is 38.5 Å². The summed E-state index contributed by atoms with van der Waals surface area (Å²) in [7, 11) is 0. The summed E-state index contributed by atoms with van der Waals surface area (Å²) in [5, 5.41) is 13.3. The van der Waals surface area contributed by atoms with Crippen LogP contribution in [0.5, 0.6) is 0 Å². The van der Waals surface area contributed by atoms with Gasteiger partial charge < -0.3 is 15.3 Å². The number of nitrogens with zero attached hydrogens (tertiary/aromatic N) is 1. The Labute approximate surface area is 153 Å². The lowest BCUT2D eigenvalue weighted by Crippen LogP contribution is -2.48. The number of carbonyl (C=O) groups excluding carboxylic acids is 2. The zero-order chi connectivity index (χ0) is 17.8. The number of hydrogen-bond donors (Lipinski definition) is 2. The number of benzene rings is 1. The molecule has 0 aromatic heterocycles. The van der Waals surface area contributed by atoms with Crippen LogP contribution in [0.15, 0.2) is 24.3 Å². The van der Waals surface area contributed by atoms with Crippen LogP contribution in [0, 0.1) is 5.92 Å². The first-order valence-corrected chi connectivity index (χ1v) is 9.44. The van der Waals surface area contributed by atoms with Crippen LogP contribution in [0.3, 0.4) is 0 Å². The molecule has 1 aliphatic carbocycles. The monoisotopic (exact) mass is 364 g/mol. The highest BCUT2D eigenvalue weighted by atomic mass is 35.5. The number of aliphatic hydroxyl groups is 1. The van der Waals surface area contributed by atoms with Gasteiger partial charge in [-0.15, -0.1) is 0 Å². The molecule has 1 atom stereocenters. The van der Waals surface area contributed by atoms with Crippen LogP contribution in [0.1, 0.15) is 48.9 Å². The van der Waals surface area contributed by atoms with Crippen LogP contribution >= 0.6 is 11.6 Å². The summed E-state index contributed by atoms with van der Waals surface area (Å²) in [6.07, 6.45) is 4.57. The minimum absolute atomic E-state index is 0.0370. The maximum absolute atomic E-state index is 12.6. The van der Waals surface area contributed by atoms with Gasteiger partial charge >= 0.3 is 0 Å². The quantitative estimate of drug-likeness (QED) is 0.866. The molecule has 2 aliphatic rings. The van der Waals surface area contributed by atoms with Crippen LogP contribution in [0.25, 0.3) is 0 Å². The average Bonchev–Trinajstić information content (AvgIpc) is 2.64. The SMILES string of the molecule is O=C(NC1CCC(O)CC1)C1CCCN(C(=O)c2ccc(Cl)cc2)C1. The Balaban J connectivity index is 1.56. The molecule has 1 aromatic carbocycles. The number of rotatable bonds is 3. The molecule has 2 amide bonds. The molecule has 136 valence electrons. The van der Waals surface area contributed by atoms with E-state index in [1.54, 1.807) is 29.2 Å². The van der Waals surface area contributed by atoms with Crippen LogP contribution in [0.4, 0.5) is 0 Å². The predicted molar refractivity (Wildman–Crippen MR) is 96.5 cm³/mol. The summed E-state index contributed by atoms with van der Waals surface area (Å²) in [6.45, 7) is 1.14. The van der Waals surface area contributed by atoms with E-state index in [2.05, 4.69) is 5.32 Å². The van der Waals surface area contributed by atoms with Crippen molar-refractivity contribution < 1.29 is 14.7 Å². The van der Waals surface area contributed by atoms with E-state index in [1.165, 1.54) is 0 Å². The smallest absolute Gasteiger partial charge is 0.253 e. The molecule has 0 spiro atoms. The number of halogens is 1. The molecule has 6 heteroatoms. The fourth-order valence-electron chi connectivity index (χ4n) is 3.69. The molecule has 0 bridgehead atoms. The summed E-state index contributed by atoms with van der Waals surface area (Å²) in [5.41, 5.74) is 0.603. The van der Waals surface area contributed by atoms with E-state index in [9.17, 15) is 14.7 Å². The van der Waals surface area contributed by atoms with Gasteiger partial charge in [0.1, 0.15) is 0 Å². The molecule has 25 heavy (non-hydrogen) atoms. The van der Waals surface area contributed by atoms with Crippen molar-refractivity contribution in [2.45, 2.75) is 50.7 Å². The maximum Gasteiger partial charge on any atom is 0.253 e. The normalized spacial score (nSPS) is 27.0. The molecule has 1 heterocycles. The number of amides is 2. The minimum atomic E-state index is -0.227. The topological polar surface area (TPSA) is 69.6 Å². The first-order valence-electron chi connectivity index (χ1n) is 9.06. The van der Waals surface area contributed by atoms with Gasteiger partial charge in [0, 0.05) is 29.7 Å². The molecule has 0 radical (unpaired) electrons.